The van der Waals surface area contributed by atoms with Gasteiger partial charge in [0.2, 0.25) is 0 Å². The minimum atomic E-state index is -0.0697. The Morgan fingerprint density at radius 2 is 2.00 bits per heavy atom. The van der Waals surface area contributed by atoms with Crippen LogP contribution < -0.4 is 4.74 Å². The van der Waals surface area contributed by atoms with Crippen LogP contribution in [0.25, 0.3) is 0 Å². The first-order valence-corrected chi connectivity index (χ1v) is 9.37. The molecule has 1 aromatic carbocycles. The molecule has 1 heterocycles. The molecule has 1 aromatic rings. The zero-order valence-electron chi connectivity index (χ0n) is 15.6. The molecule has 4 heteroatoms. The molecular formula is C21H32O4. The van der Waals surface area contributed by atoms with Gasteiger partial charge < -0.3 is 18.9 Å². The van der Waals surface area contributed by atoms with Crippen molar-refractivity contribution in [1.29, 1.82) is 0 Å². The van der Waals surface area contributed by atoms with E-state index in [0.29, 0.717) is 12.5 Å². The second-order valence-corrected chi connectivity index (χ2v) is 6.51. The van der Waals surface area contributed by atoms with Crippen LogP contribution in [-0.4, -0.2) is 32.7 Å². The number of rotatable bonds is 12. The Labute approximate surface area is 152 Å². The summed E-state index contributed by atoms with van der Waals surface area (Å²) in [5, 5.41) is 0. The maximum absolute atomic E-state index is 6.04. The quantitative estimate of drug-likeness (QED) is 0.404. The second kappa shape index (κ2) is 11.3. The zero-order chi connectivity index (χ0) is 17.9. The van der Waals surface area contributed by atoms with Crippen molar-refractivity contribution in [1.82, 2.24) is 0 Å². The number of hydrogen-bond donors (Lipinski definition) is 0. The second-order valence-electron chi connectivity index (χ2n) is 6.51. The molecule has 0 aliphatic carbocycles. The third-order valence-corrected chi connectivity index (χ3v) is 4.58. The Morgan fingerprint density at radius 1 is 1.20 bits per heavy atom. The Hall–Kier alpha value is -1.36. The standard InChI is InChI=1S/C21H32O4/c1-4-6-14-24-21-15-18(5-2)20(25-21)8-7-13-23-16-17-9-11-19(22-3)12-10-17/h5,9-12,18,20-21H,2,4,6-8,13-16H2,1,3H3/t18-,20+,21?/m0/s1. The van der Waals surface area contributed by atoms with E-state index in [2.05, 4.69) is 13.5 Å². The van der Waals surface area contributed by atoms with E-state index in [0.717, 1.165) is 56.6 Å². The van der Waals surface area contributed by atoms with Gasteiger partial charge in [-0.05, 0) is 37.0 Å². The molecule has 1 aliphatic rings. The maximum atomic E-state index is 6.04. The SMILES string of the molecule is C=C[C@H]1CC(OCCCC)O[C@@H]1CCCOCc1ccc(OC)cc1. The molecule has 4 nitrogen and oxygen atoms in total. The normalized spacial score (nSPS) is 22.9. The topological polar surface area (TPSA) is 36.9 Å². The fourth-order valence-electron chi connectivity index (χ4n) is 3.02. The van der Waals surface area contributed by atoms with Crippen LogP contribution in [-0.2, 0) is 20.8 Å². The first kappa shape index (κ1) is 20.0. The molecule has 1 unspecified atom stereocenters. The van der Waals surface area contributed by atoms with E-state index in [1.165, 1.54) is 0 Å². The van der Waals surface area contributed by atoms with Crippen LogP contribution in [0.2, 0.25) is 0 Å². The predicted octanol–water partition coefficient (Wildman–Crippen LogP) is 4.73. The van der Waals surface area contributed by atoms with Crippen LogP contribution in [0.15, 0.2) is 36.9 Å². The van der Waals surface area contributed by atoms with E-state index in [1.807, 2.05) is 30.3 Å². The first-order chi connectivity index (χ1) is 12.3. The van der Waals surface area contributed by atoms with Gasteiger partial charge in [0.25, 0.3) is 0 Å². The van der Waals surface area contributed by atoms with E-state index in [-0.39, 0.29) is 12.4 Å². The Balaban J connectivity index is 1.62. The minimum absolute atomic E-state index is 0.0697. The third kappa shape index (κ3) is 6.81. The van der Waals surface area contributed by atoms with Crippen molar-refractivity contribution in [3.8, 4) is 5.75 Å². The lowest BCUT2D eigenvalue weighted by molar-refractivity contribution is -0.136. The van der Waals surface area contributed by atoms with Gasteiger partial charge in [0.15, 0.2) is 6.29 Å². The number of benzene rings is 1. The van der Waals surface area contributed by atoms with Crippen molar-refractivity contribution < 1.29 is 18.9 Å². The summed E-state index contributed by atoms with van der Waals surface area (Å²) in [6.45, 7) is 8.25. The molecule has 0 saturated carbocycles. The summed E-state index contributed by atoms with van der Waals surface area (Å²) >= 11 is 0. The van der Waals surface area contributed by atoms with Crippen molar-refractivity contribution in [3.63, 3.8) is 0 Å². The van der Waals surface area contributed by atoms with Gasteiger partial charge in [-0.25, -0.2) is 0 Å². The van der Waals surface area contributed by atoms with Gasteiger partial charge in [-0.1, -0.05) is 31.6 Å². The smallest absolute Gasteiger partial charge is 0.158 e. The van der Waals surface area contributed by atoms with Gasteiger partial charge in [-0.2, -0.15) is 0 Å². The van der Waals surface area contributed by atoms with Gasteiger partial charge >= 0.3 is 0 Å². The van der Waals surface area contributed by atoms with Gasteiger partial charge in [0.05, 0.1) is 19.8 Å². The molecule has 3 atom stereocenters. The summed E-state index contributed by atoms with van der Waals surface area (Å²) < 4.78 is 22.8. The summed E-state index contributed by atoms with van der Waals surface area (Å²) in [5.41, 5.74) is 1.16. The van der Waals surface area contributed by atoms with Crippen molar-refractivity contribution in [3.05, 3.63) is 42.5 Å². The lowest BCUT2D eigenvalue weighted by Gasteiger charge is -2.16. The molecule has 0 aromatic heterocycles. The lowest BCUT2D eigenvalue weighted by atomic mass is 9.98. The summed E-state index contributed by atoms with van der Waals surface area (Å²) in [7, 11) is 1.67. The van der Waals surface area contributed by atoms with Gasteiger partial charge in [0.1, 0.15) is 5.75 Å². The molecule has 0 bridgehead atoms. The predicted molar refractivity (Wildman–Crippen MR) is 99.7 cm³/mol. The lowest BCUT2D eigenvalue weighted by Crippen LogP contribution is -2.17. The highest BCUT2D eigenvalue weighted by molar-refractivity contribution is 5.26. The van der Waals surface area contributed by atoms with Crippen molar-refractivity contribution in [2.45, 2.75) is 58.0 Å². The Morgan fingerprint density at radius 3 is 2.68 bits per heavy atom. The molecular weight excluding hydrogens is 316 g/mol. The monoisotopic (exact) mass is 348 g/mol. The van der Waals surface area contributed by atoms with Crippen LogP contribution in [0.3, 0.4) is 0 Å². The van der Waals surface area contributed by atoms with Crippen molar-refractivity contribution >= 4 is 0 Å². The molecule has 1 fully saturated rings. The third-order valence-electron chi connectivity index (χ3n) is 4.58. The van der Waals surface area contributed by atoms with E-state index in [4.69, 9.17) is 18.9 Å². The minimum Gasteiger partial charge on any atom is -0.497 e. The molecule has 25 heavy (non-hydrogen) atoms. The van der Waals surface area contributed by atoms with Gasteiger partial charge in [-0.15, -0.1) is 6.58 Å². The summed E-state index contributed by atoms with van der Waals surface area (Å²) in [5.74, 6) is 1.25. The average Bonchev–Trinajstić information content (AvgIpc) is 3.04. The molecule has 0 spiro atoms. The van der Waals surface area contributed by atoms with E-state index >= 15 is 0 Å². The highest BCUT2D eigenvalue weighted by Crippen LogP contribution is 2.31. The van der Waals surface area contributed by atoms with Gasteiger partial charge in [-0.3, -0.25) is 0 Å². The maximum Gasteiger partial charge on any atom is 0.158 e. The largest absolute Gasteiger partial charge is 0.497 e. The molecule has 0 amide bonds. The molecule has 140 valence electrons. The molecule has 0 N–H and O–H groups in total. The molecule has 1 saturated heterocycles. The van der Waals surface area contributed by atoms with E-state index < -0.39 is 0 Å². The van der Waals surface area contributed by atoms with Crippen LogP contribution >= 0.6 is 0 Å². The van der Waals surface area contributed by atoms with E-state index in [1.54, 1.807) is 7.11 Å². The van der Waals surface area contributed by atoms with E-state index in [9.17, 15) is 0 Å². The first-order valence-electron chi connectivity index (χ1n) is 9.37. The molecule has 2 rings (SSSR count). The molecule has 0 radical (unpaired) electrons. The summed E-state index contributed by atoms with van der Waals surface area (Å²) in [6, 6.07) is 7.98. The Kier molecular flexibility index (Phi) is 9.02. The summed E-state index contributed by atoms with van der Waals surface area (Å²) in [6.07, 6.45) is 7.25. The average molecular weight is 348 g/mol. The highest BCUT2D eigenvalue weighted by Gasteiger charge is 2.33. The van der Waals surface area contributed by atoms with Gasteiger partial charge in [0, 0.05) is 25.6 Å². The zero-order valence-corrected chi connectivity index (χ0v) is 15.6. The van der Waals surface area contributed by atoms with Crippen molar-refractivity contribution in [2.75, 3.05) is 20.3 Å². The number of ether oxygens (including phenoxy) is 4. The van der Waals surface area contributed by atoms with Crippen LogP contribution in [0.4, 0.5) is 0 Å². The number of methoxy groups -OCH3 is 1. The van der Waals surface area contributed by atoms with Crippen LogP contribution in [0, 0.1) is 5.92 Å². The fourth-order valence-corrected chi connectivity index (χ4v) is 3.02. The summed E-state index contributed by atoms with van der Waals surface area (Å²) in [4.78, 5) is 0. The highest BCUT2D eigenvalue weighted by atomic mass is 16.7. The Bertz CT molecular complexity index is 485. The molecule has 1 aliphatic heterocycles. The number of unbranched alkanes of at least 4 members (excludes halogenated alkanes) is 1. The fraction of sp³-hybridized carbons (Fsp3) is 0.619. The van der Waals surface area contributed by atoms with Crippen LogP contribution in [0.1, 0.15) is 44.6 Å². The van der Waals surface area contributed by atoms with Crippen LogP contribution in [0.5, 0.6) is 5.75 Å². The number of hydrogen-bond acceptors (Lipinski definition) is 4. The van der Waals surface area contributed by atoms with Crippen molar-refractivity contribution in [2.24, 2.45) is 5.92 Å².